The fourth-order valence-corrected chi connectivity index (χ4v) is 1.65. The smallest absolute Gasteiger partial charge is 0.352 e. The molecule has 26 heavy (non-hydrogen) atoms. The van der Waals surface area contributed by atoms with Crippen LogP contribution in [-0.2, 0) is 38.1 Å². The van der Waals surface area contributed by atoms with Crippen LogP contribution < -0.4 is 0 Å². The minimum Gasteiger partial charge on any atom is -0.461 e. The van der Waals surface area contributed by atoms with Crippen LogP contribution in [0.3, 0.4) is 0 Å². The van der Waals surface area contributed by atoms with Gasteiger partial charge < -0.3 is 35.2 Å². The van der Waals surface area contributed by atoms with Gasteiger partial charge in [0.1, 0.15) is 26.0 Å². The number of hydrogen-bond acceptors (Lipinski definition) is 11. The summed E-state index contributed by atoms with van der Waals surface area (Å²) in [7, 11) is 0. The average Bonchev–Trinajstić information content (AvgIpc) is 2.62. The summed E-state index contributed by atoms with van der Waals surface area (Å²) in [6.45, 7) is 2.25. The Labute approximate surface area is 148 Å². The van der Waals surface area contributed by atoms with Crippen LogP contribution in [0.2, 0.25) is 0 Å². The van der Waals surface area contributed by atoms with Crippen LogP contribution in [0, 0.1) is 16.2 Å². The zero-order valence-corrected chi connectivity index (χ0v) is 13.8. The lowest BCUT2D eigenvalue weighted by atomic mass is 9.95. The van der Waals surface area contributed by atoms with Gasteiger partial charge in [0.05, 0.1) is 12.8 Å². The molecule has 0 spiro atoms. The molecule has 0 rings (SSSR count). The van der Waals surface area contributed by atoms with Crippen molar-refractivity contribution in [3.05, 3.63) is 12.7 Å². The summed E-state index contributed by atoms with van der Waals surface area (Å²) in [5.74, 6) is -4.67. The average molecular weight is 369 g/mol. The molecule has 0 fully saturated rings. The second-order valence-electron chi connectivity index (χ2n) is 4.57. The lowest BCUT2D eigenvalue weighted by molar-refractivity contribution is -0.186. The van der Waals surface area contributed by atoms with E-state index < -0.39 is 55.5 Å². The molecule has 0 aliphatic rings. The number of carbonyl (C=O) groups is 4. The Morgan fingerprint density at radius 2 is 1.35 bits per heavy atom. The molecule has 0 heterocycles. The van der Waals surface area contributed by atoms with Crippen molar-refractivity contribution in [3.8, 4) is 0 Å². The summed E-state index contributed by atoms with van der Waals surface area (Å²) in [6, 6.07) is 0. The molecular weight excluding hydrogens is 350 g/mol. The minimum atomic E-state index is -2.45. The maximum absolute atomic E-state index is 12.3. The van der Waals surface area contributed by atoms with Crippen LogP contribution >= 0.6 is 0 Å². The summed E-state index contributed by atoms with van der Waals surface area (Å²) >= 11 is 0. The molecule has 142 valence electrons. The van der Waals surface area contributed by atoms with E-state index in [1.54, 1.807) is 0 Å². The van der Waals surface area contributed by atoms with E-state index in [0.717, 1.165) is 12.4 Å². The summed E-state index contributed by atoms with van der Waals surface area (Å²) in [6.07, 6.45) is 1.18. The molecule has 1 atom stereocenters. The quantitative estimate of drug-likeness (QED) is 0.173. The molecule has 0 aromatic heterocycles. The highest BCUT2D eigenvalue weighted by atomic mass is 16.6. The van der Waals surface area contributed by atoms with Crippen LogP contribution in [0.1, 0.15) is 12.8 Å². The van der Waals surface area contributed by atoms with E-state index in [-0.39, 0.29) is 12.8 Å². The standard InChI is InChI=1S/C15H19N3O8/c1-2-5-23-11(19)8-15(26-13(21)10-18,14(22)25-7-4-17)9-12(20)24-6-3-16/h2-4,10,16-18H,1,5-9H2. The fourth-order valence-electron chi connectivity index (χ4n) is 1.65. The number of carbonyl (C=O) groups excluding carboxylic acids is 4. The van der Waals surface area contributed by atoms with Gasteiger partial charge in [-0.25, -0.2) is 9.59 Å². The Hall–Kier alpha value is -3.37. The van der Waals surface area contributed by atoms with Crippen LogP contribution in [0.4, 0.5) is 0 Å². The number of rotatable bonds is 13. The molecule has 11 nitrogen and oxygen atoms in total. The molecule has 0 amide bonds. The zero-order valence-electron chi connectivity index (χ0n) is 13.8. The lowest BCUT2D eigenvalue weighted by Gasteiger charge is -2.28. The number of ether oxygens (including phenoxy) is 4. The first kappa shape index (κ1) is 22.6. The molecule has 0 aromatic carbocycles. The van der Waals surface area contributed by atoms with Gasteiger partial charge in [-0.05, 0) is 0 Å². The van der Waals surface area contributed by atoms with Crippen molar-refractivity contribution >= 4 is 42.5 Å². The Balaban J connectivity index is 5.70. The van der Waals surface area contributed by atoms with Gasteiger partial charge in [0, 0.05) is 12.4 Å². The van der Waals surface area contributed by atoms with E-state index in [0.29, 0.717) is 0 Å². The van der Waals surface area contributed by atoms with Crippen LogP contribution in [0.25, 0.3) is 0 Å². The molecule has 0 radical (unpaired) electrons. The Bertz CT molecular complexity index is 561. The molecule has 0 aromatic rings. The van der Waals surface area contributed by atoms with E-state index in [4.69, 9.17) is 30.4 Å². The highest BCUT2D eigenvalue weighted by Gasteiger charge is 2.49. The molecule has 0 bridgehead atoms. The van der Waals surface area contributed by atoms with Crippen molar-refractivity contribution < 1.29 is 38.1 Å². The first-order chi connectivity index (χ1) is 12.3. The van der Waals surface area contributed by atoms with E-state index >= 15 is 0 Å². The van der Waals surface area contributed by atoms with Crippen molar-refractivity contribution in [2.24, 2.45) is 0 Å². The molecule has 3 N–H and O–H groups in total. The van der Waals surface area contributed by atoms with Gasteiger partial charge in [-0.15, -0.1) is 0 Å². The third-order valence-electron chi connectivity index (χ3n) is 2.63. The zero-order chi connectivity index (χ0) is 20.0. The molecular formula is C15H19N3O8. The normalized spacial score (nSPS) is 11.8. The highest BCUT2D eigenvalue weighted by molar-refractivity contribution is 6.22. The Morgan fingerprint density at radius 3 is 1.81 bits per heavy atom. The van der Waals surface area contributed by atoms with Gasteiger partial charge in [-0.1, -0.05) is 12.7 Å². The second kappa shape index (κ2) is 12.1. The molecule has 1 unspecified atom stereocenters. The SMILES string of the molecule is C=CCOC(=O)CC(CC(=O)OCC=N)(OC(=O)C=N)C(=O)OCC=N. The van der Waals surface area contributed by atoms with Crippen molar-refractivity contribution in [2.75, 3.05) is 19.8 Å². The largest absolute Gasteiger partial charge is 0.461 e. The lowest BCUT2D eigenvalue weighted by Crippen LogP contribution is -2.49. The van der Waals surface area contributed by atoms with Gasteiger partial charge in [-0.2, -0.15) is 0 Å². The first-order valence-corrected chi connectivity index (χ1v) is 7.16. The van der Waals surface area contributed by atoms with E-state index in [1.165, 1.54) is 6.08 Å². The molecule has 0 saturated carbocycles. The highest BCUT2D eigenvalue weighted by Crippen LogP contribution is 2.25. The van der Waals surface area contributed by atoms with Gasteiger partial charge >= 0.3 is 23.9 Å². The van der Waals surface area contributed by atoms with Crippen molar-refractivity contribution in [1.29, 1.82) is 16.2 Å². The number of nitrogens with one attached hydrogen (secondary N) is 3. The predicted octanol–water partition coefficient (Wildman–Crippen LogP) is -0.187. The summed E-state index contributed by atoms with van der Waals surface area (Å²) in [5.41, 5.74) is -2.45. The summed E-state index contributed by atoms with van der Waals surface area (Å²) in [5, 5.41) is 20.6. The van der Waals surface area contributed by atoms with Gasteiger partial charge in [0.25, 0.3) is 0 Å². The third kappa shape index (κ3) is 7.95. The Morgan fingerprint density at radius 1 is 0.846 bits per heavy atom. The second-order valence-corrected chi connectivity index (χ2v) is 4.57. The van der Waals surface area contributed by atoms with Crippen molar-refractivity contribution in [2.45, 2.75) is 18.4 Å². The number of hydrogen-bond donors (Lipinski definition) is 3. The first-order valence-electron chi connectivity index (χ1n) is 7.16. The van der Waals surface area contributed by atoms with Gasteiger partial charge in [0.2, 0.25) is 5.60 Å². The predicted molar refractivity (Wildman–Crippen MR) is 87.5 cm³/mol. The van der Waals surface area contributed by atoms with Gasteiger partial charge in [0.15, 0.2) is 0 Å². The van der Waals surface area contributed by atoms with Crippen LogP contribution in [0.5, 0.6) is 0 Å². The van der Waals surface area contributed by atoms with Crippen LogP contribution in [0.15, 0.2) is 12.7 Å². The third-order valence-corrected chi connectivity index (χ3v) is 2.63. The summed E-state index contributed by atoms with van der Waals surface area (Å²) in [4.78, 5) is 47.6. The van der Waals surface area contributed by atoms with Gasteiger partial charge in [-0.3, -0.25) is 9.59 Å². The maximum Gasteiger partial charge on any atom is 0.352 e. The molecule has 0 saturated heterocycles. The number of esters is 4. The van der Waals surface area contributed by atoms with E-state index in [2.05, 4.69) is 11.3 Å². The Kier molecular flexibility index (Phi) is 10.5. The summed E-state index contributed by atoms with van der Waals surface area (Å²) < 4.78 is 18.9. The fraction of sp³-hybridized carbons (Fsp3) is 0.400. The molecule has 0 aliphatic heterocycles. The van der Waals surface area contributed by atoms with Crippen LogP contribution in [-0.4, -0.2) is 67.9 Å². The monoisotopic (exact) mass is 369 g/mol. The molecule has 11 heteroatoms. The maximum atomic E-state index is 12.3. The minimum absolute atomic E-state index is 0.193. The topological polar surface area (TPSA) is 177 Å². The van der Waals surface area contributed by atoms with Crippen molar-refractivity contribution in [1.82, 2.24) is 0 Å². The van der Waals surface area contributed by atoms with E-state index in [1.807, 2.05) is 0 Å². The van der Waals surface area contributed by atoms with E-state index in [9.17, 15) is 19.2 Å². The van der Waals surface area contributed by atoms with Crippen molar-refractivity contribution in [3.63, 3.8) is 0 Å². The molecule has 0 aliphatic carbocycles.